The lowest BCUT2D eigenvalue weighted by molar-refractivity contribution is 0.102. The monoisotopic (exact) mass is 532 g/mol. The molecule has 1 N–H and O–H groups in total. The molecule has 0 saturated heterocycles. The van der Waals surface area contributed by atoms with E-state index in [0.717, 1.165) is 43.9 Å². The van der Waals surface area contributed by atoms with E-state index in [-0.39, 0.29) is 39.7 Å². The minimum atomic E-state index is -3.65. The summed E-state index contributed by atoms with van der Waals surface area (Å²) in [5.41, 5.74) is 1.00. The summed E-state index contributed by atoms with van der Waals surface area (Å²) in [4.78, 5) is 12.9. The fourth-order valence-corrected chi connectivity index (χ4v) is 6.21. The topological polar surface area (TPSA) is 140 Å². The Bertz CT molecular complexity index is 1430. The molecule has 12 heteroatoms. The standard InChI is InChI=1S/C24H28N4O6S2/c1-28(19-6-4-3-5-7-19)36(32,33)21-14-10-18(11-15-21)23(29)25-24-27-26-22(34-24)16-17-8-12-20(13-9-17)35(2,30)31/h8-15,19H,3-7,16H2,1-2H3,(H,25,27,29). The summed E-state index contributed by atoms with van der Waals surface area (Å²) in [6.07, 6.45) is 6.29. The zero-order valence-corrected chi connectivity index (χ0v) is 21.7. The number of carbonyl (C=O) groups excluding carboxylic acids is 1. The van der Waals surface area contributed by atoms with E-state index >= 15 is 0 Å². The highest BCUT2D eigenvalue weighted by atomic mass is 32.2. The van der Waals surface area contributed by atoms with Crippen LogP contribution in [-0.2, 0) is 26.3 Å². The zero-order valence-electron chi connectivity index (χ0n) is 20.0. The van der Waals surface area contributed by atoms with Crippen molar-refractivity contribution in [3.8, 4) is 0 Å². The average molecular weight is 533 g/mol. The maximum Gasteiger partial charge on any atom is 0.322 e. The normalized spacial score (nSPS) is 15.2. The lowest BCUT2D eigenvalue weighted by atomic mass is 9.96. The maximum atomic E-state index is 13.0. The van der Waals surface area contributed by atoms with Crippen LogP contribution in [0.4, 0.5) is 6.01 Å². The van der Waals surface area contributed by atoms with Crippen LogP contribution >= 0.6 is 0 Å². The van der Waals surface area contributed by atoms with Gasteiger partial charge in [-0.3, -0.25) is 10.1 Å². The van der Waals surface area contributed by atoms with Crippen LogP contribution in [0.15, 0.2) is 62.7 Å². The van der Waals surface area contributed by atoms with Crippen molar-refractivity contribution in [2.45, 2.75) is 54.4 Å². The Morgan fingerprint density at radius 2 is 1.56 bits per heavy atom. The fraction of sp³-hybridized carbons (Fsp3) is 0.375. The van der Waals surface area contributed by atoms with Crippen LogP contribution in [0.5, 0.6) is 0 Å². The number of aromatic nitrogens is 2. The highest BCUT2D eigenvalue weighted by Gasteiger charge is 2.29. The molecule has 0 atom stereocenters. The molecule has 1 fully saturated rings. The summed E-state index contributed by atoms with van der Waals surface area (Å²) in [6.45, 7) is 0. The third-order valence-corrected chi connectivity index (χ3v) is 9.33. The van der Waals surface area contributed by atoms with Gasteiger partial charge in [0.2, 0.25) is 15.9 Å². The Labute approximate surface area is 210 Å². The van der Waals surface area contributed by atoms with Crippen LogP contribution < -0.4 is 5.32 Å². The van der Waals surface area contributed by atoms with Crippen LogP contribution in [-0.4, -0.2) is 56.6 Å². The molecule has 36 heavy (non-hydrogen) atoms. The summed E-state index contributed by atoms with van der Waals surface area (Å²) in [5, 5.41) is 10.2. The van der Waals surface area contributed by atoms with Crippen molar-refractivity contribution < 1.29 is 26.0 Å². The Hall–Kier alpha value is -3.09. The number of amides is 1. The Morgan fingerprint density at radius 3 is 2.17 bits per heavy atom. The number of sulfonamides is 1. The molecular weight excluding hydrogens is 504 g/mol. The van der Waals surface area contributed by atoms with Gasteiger partial charge in [0, 0.05) is 24.9 Å². The second-order valence-corrected chi connectivity index (χ2v) is 12.9. The zero-order chi connectivity index (χ0) is 25.9. The van der Waals surface area contributed by atoms with Crippen molar-refractivity contribution in [3.63, 3.8) is 0 Å². The molecule has 4 rings (SSSR count). The van der Waals surface area contributed by atoms with Gasteiger partial charge in [-0.05, 0) is 54.8 Å². The predicted octanol–water partition coefficient (Wildman–Crippen LogP) is 3.27. The number of hydrogen-bond donors (Lipinski definition) is 1. The summed E-state index contributed by atoms with van der Waals surface area (Å²) < 4.78 is 56.0. The minimum absolute atomic E-state index is 0.00364. The summed E-state index contributed by atoms with van der Waals surface area (Å²) in [5.74, 6) is -0.281. The van der Waals surface area contributed by atoms with Gasteiger partial charge in [-0.2, -0.15) is 4.31 Å². The Balaban J connectivity index is 1.38. The van der Waals surface area contributed by atoms with Crippen molar-refractivity contribution in [3.05, 3.63) is 65.5 Å². The average Bonchev–Trinajstić information content (AvgIpc) is 3.30. The van der Waals surface area contributed by atoms with E-state index in [4.69, 9.17) is 4.42 Å². The van der Waals surface area contributed by atoms with E-state index in [0.29, 0.717) is 0 Å². The molecule has 192 valence electrons. The molecule has 2 aromatic carbocycles. The smallest absolute Gasteiger partial charge is 0.322 e. The number of anilines is 1. The molecule has 3 aromatic rings. The van der Waals surface area contributed by atoms with Crippen molar-refractivity contribution in [1.29, 1.82) is 0 Å². The van der Waals surface area contributed by atoms with Crippen LogP contribution in [0, 0.1) is 0 Å². The number of carbonyl (C=O) groups is 1. The van der Waals surface area contributed by atoms with Gasteiger partial charge in [0.15, 0.2) is 9.84 Å². The van der Waals surface area contributed by atoms with Gasteiger partial charge in [0.1, 0.15) is 0 Å². The van der Waals surface area contributed by atoms with Crippen molar-refractivity contribution in [1.82, 2.24) is 14.5 Å². The van der Waals surface area contributed by atoms with Gasteiger partial charge in [0.05, 0.1) is 16.2 Å². The van der Waals surface area contributed by atoms with E-state index in [9.17, 15) is 21.6 Å². The fourth-order valence-electron chi connectivity index (χ4n) is 4.16. The number of hydrogen-bond acceptors (Lipinski definition) is 8. The molecule has 0 unspecified atom stereocenters. The first-order valence-corrected chi connectivity index (χ1v) is 14.9. The van der Waals surface area contributed by atoms with Gasteiger partial charge in [-0.15, -0.1) is 5.10 Å². The Kier molecular flexibility index (Phi) is 7.57. The van der Waals surface area contributed by atoms with Crippen molar-refractivity contribution in [2.24, 2.45) is 0 Å². The first kappa shape index (κ1) is 26.0. The highest BCUT2D eigenvalue weighted by molar-refractivity contribution is 7.90. The minimum Gasteiger partial charge on any atom is -0.407 e. The second-order valence-electron chi connectivity index (χ2n) is 8.89. The first-order valence-electron chi connectivity index (χ1n) is 11.5. The van der Waals surface area contributed by atoms with Gasteiger partial charge in [-0.1, -0.05) is 36.5 Å². The molecule has 1 aliphatic carbocycles. The van der Waals surface area contributed by atoms with E-state index in [1.807, 2.05) is 0 Å². The highest BCUT2D eigenvalue weighted by Crippen LogP contribution is 2.26. The van der Waals surface area contributed by atoms with Gasteiger partial charge in [-0.25, -0.2) is 16.8 Å². The van der Waals surface area contributed by atoms with Crippen molar-refractivity contribution in [2.75, 3.05) is 18.6 Å². The number of rotatable bonds is 8. The third-order valence-electron chi connectivity index (χ3n) is 6.28. The molecule has 1 aliphatic rings. The molecule has 0 aliphatic heterocycles. The van der Waals surface area contributed by atoms with Gasteiger partial charge >= 0.3 is 6.01 Å². The molecule has 0 spiro atoms. The van der Waals surface area contributed by atoms with E-state index in [1.165, 1.54) is 40.7 Å². The van der Waals surface area contributed by atoms with E-state index < -0.39 is 25.8 Å². The molecule has 0 bridgehead atoms. The molecule has 10 nitrogen and oxygen atoms in total. The van der Waals surface area contributed by atoms with Crippen LogP contribution in [0.25, 0.3) is 0 Å². The summed E-state index contributed by atoms with van der Waals surface area (Å²) in [7, 11) is -5.32. The molecule has 1 aromatic heterocycles. The summed E-state index contributed by atoms with van der Waals surface area (Å²) >= 11 is 0. The van der Waals surface area contributed by atoms with Crippen LogP contribution in [0.1, 0.15) is 53.9 Å². The van der Waals surface area contributed by atoms with Gasteiger partial charge < -0.3 is 4.42 Å². The number of sulfone groups is 1. The number of nitrogens with zero attached hydrogens (tertiary/aromatic N) is 3. The lowest BCUT2D eigenvalue weighted by Crippen LogP contribution is -2.38. The maximum absolute atomic E-state index is 13.0. The number of benzene rings is 2. The Morgan fingerprint density at radius 1 is 0.944 bits per heavy atom. The van der Waals surface area contributed by atoms with Crippen LogP contribution in [0.2, 0.25) is 0 Å². The molecule has 1 amide bonds. The molecule has 1 heterocycles. The largest absolute Gasteiger partial charge is 0.407 e. The molecule has 0 radical (unpaired) electrons. The van der Waals surface area contributed by atoms with Crippen LogP contribution in [0.3, 0.4) is 0 Å². The van der Waals surface area contributed by atoms with E-state index in [2.05, 4.69) is 15.5 Å². The second kappa shape index (κ2) is 10.5. The third kappa shape index (κ3) is 6.00. The first-order chi connectivity index (χ1) is 17.0. The number of nitrogens with one attached hydrogen (secondary N) is 1. The molecular formula is C24H28N4O6S2. The molecule has 1 saturated carbocycles. The van der Waals surface area contributed by atoms with E-state index in [1.54, 1.807) is 19.2 Å². The SMILES string of the molecule is CN(C1CCCCC1)S(=O)(=O)c1ccc(C(=O)Nc2nnc(Cc3ccc(S(C)(=O)=O)cc3)o2)cc1. The quantitative estimate of drug-likeness (QED) is 0.466. The van der Waals surface area contributed by atoms with Crippen molar-refractivity contribution >= 4 is 31.8 Å². The van der Waals surface area contributed by atoms with Gasteiger partial charge in [0.25, 0.3) is 5.91 Å². The summed E-state index contributed by atoms with van der Waals surface area (Å²) in [6, 6.07) is 11.9. The predicted molar refractivity (Wildman–Crippen MR) is 133 cm³/mol. The lowest BCUT2D eigenvalue weighted by Gasteiger charge is -2.30.